The van der Waals surface area contributed by atoms with Crippen LogP contribution >= 0.6 is 24.0 Å². The maximum atomic E-state index is 13.5. The molecule has 10 heteroatoms. The molecule has 168 valence electrons. The smallest absolute Gasteiger partial charge is 0.236 e. The zero-order chi connectivity index (χ0) is 20.6. The van der Waals surface area contributed by atoms with Crippen LogP contribution in [0.15, 0.2) is 23.2 Å². The maximum absolute atomic E-state index is 13.5. The average molecular weight is 535 g/mol. The predicted molar refractivity (Wildman–Crippen MR) is 124 cm³/mol. The minimum atomic E-state index is -0.638. The van der Waals surface area contributed by atoms with Gasteiger partial charge in [-0.2, -0.15) is 0 Å². The number of morpholine rings is 1. The molecule has 0 atom stereocenters. The highest BCUT2D eigenvalue weighted by Gasteiger charge is 2.24. The highest BCUT2D eigenvalue weighted by molar-refractivity contribution is 14.0. The van der Waals surface area contributed by atoms with E-state index in [1.807, 2.05) is 11.8 Å². The Labute approximate surface area is 194 Å². The van der Waals surface area contributed by atoms with Gasteiger partial charge in [-0.1, -0.05) is 6.07 Å². The summed E-state index contributed by atoms with van der Waals surface area (Å²) in [6.45, 7) is 9.21. The Hall–Kier alpha value is -1.66. The van der Waals surface area contributed by atoms with Gasteiger partial charge < -0.3 is 25.0 Å². The molecule has 0 aromatic heterocycles. The fraction of sp³-hybridized carbons (Fsp3) is 0.600. The predicted octanol–water partition coefficient (Wildman–Crippen LogP) is 1.09. The van der Waals surface area contributed by atoms with E-state index in [1.165, 1.54) is 12.1 Å². The van der Waals surface area contributed by atoms with Crippen LogP contribution in [0.5, 0.6) is 5.75 Å². The van der Waals surface area contributed by atoms with E-state index >= 15 is 0 Å². The van der Waals surface area contributed by atoms with Crippen LogP contribution in [0.25, 0.3) is 0 Å². The van der Waals surface area contributed by atoms with Gasteiger partial charge in [0.25, 0.3) is 0 Å². The first kappa shape index (κ1) is 24.6. The molecule has 1 aromatic rings. The van der Waals surface area contributed by atoms with Crippen LogP contribution in [0.2, 0.25) is 0 Å². The number of aliphatic imine (C=N–C) groups is 1. The molecule has 0 aliphatic carbocycles. The number of carbonyl (C=O) groups excluding carboxylic acids is 1. The number of hydrogen-bond donors (Lipinski definition) is 2. The number of hydrogen-bond acceptors (Lipinski definition) is 5. The number of amides is 1. The van der Waals surface area contributed by atoms with Crippen LogP contribution in [0.3, 0.4) is 0 Å². The van der Waals surface area contributed by atoms with Gasteiger partial charge in [0.05, 0.1) is 26.3 Å². The van der Waals surface area contributed by atoms with E-state index in [9.17, 15) is 14.3 Å². The largest absolute Gasteiger partial charge is 0.505 e. The Balaban J connectivity index is 0.00000320. The third-order valence-corrected chi connectivity index (χ3v) is 5.15. The number of phenols is 1. The minimum Gasteiger partial charge on any atom is -0.505 e. The fourth-order valence-electron chi connectivity index (χ4n) is 3.46. The van der Waals surface area contributed by atoms with E-state index in [1.54, 1.807) is 6.07 Å². The fourth-order valence-corrected chi connectivity index (χ4v) is 3.46. The Kier molecular flexibility index (Phi) is 10.1. The van der Waals surface area contributed by atoms with Gasteiger partial charge in [-0.3, -0.25) is 9.69 Å². The molecule has 2 fully saturated rings. The molecule has 2 N–H and O–H groups in total. The van der Waals surface area contributed by atoms with Crippen molar-refractivity contribution in [3.8, 4) is 5.75 Å². The van der Waals surface area contributed by atoms with Crippen molar-refractivity contribution in [2.75, 3.05) is 65.6 Å². The summed E-state index contributed by atoms with van der Waals surface area (Å²) in [6.07, 6.45) is 0. The number of nitrogens with one attached hydrogen (secondary N) is 1. The van der Waals surface area contributed by atoms with Gasteiger partial charge in [-0.15, -0.1) is 24.0 Å². The summed E-state index contributed by atoms with van der Waals surface area (Å²) < 4.78 is 18.8. The van der Waals surface area contributed by atoms with Gasteiger partial charge >= 0.3 is 0 Å². The topological polar surface area (TPSA) is 80.6 Å². The molecule has 2 saturated heterocycles. The van der Waals surface area contributed by atoms with Crippen molar-refractivity contribution in [1.82, 2.24) is 20.0 Å². The molecule has 8 nitrogen and oxygen atoms in total. The highest BCUT2D eigenvalue weighted by Crippen LogP contribution is 2.16. The van der Waals surface area contributed by atoms with E-state index < -0.39 is 5.82 Å². The summed E-state index contributed by atoms with van der Waals surface area (Å²) in [7, 11) is 0. The summed E-state index contributed by atoms with van der Waals surface area (Å²) in [6, 6.07) is 4.32. The van der Waals surface area contributed by atoms with E-state index in [0.717, 1.165) is 38.7 Å². The number of carbonyl (C=O) groups is 1. The molecule has 1 aromatic carbocycles. The molecule has 0 bridgehead atoms. The number of aromatic hydroxyl groups is 1. The number of benzene rings is 1. The van der Waals surface area contributed by atoms with E-state index in [2.05, 4.69) is 20.1 Å². The van der Waals surface area contributed by atoms with Crippen LogP contribution in [0, 0.1) is 5.82 Å². The van der Waals surface area contributed by atoms with Crippen LogP contribution < -0.4 is 5.32 Å². The molecule has 2 aliphatic heterocycles. The second kappa shape index (κ2) is 12.3. The van der Waals surface area contributed by atoms with Gasteiger partial charge in [0.2, 0.25) is 5.91 Å². The first-order valence-corrected chi connectivity index (χ1v) is 10.2. The van der Waals surface area contributed by atoms with Gasteiger partial charge in [-0.05, 0) is 24.6 Å². The zero-order valence-corrected chi connectivity index (χ0v) is 19.7. The van der Waals surface area contributed by atoms with Crippen molar-refractivity contribution < 1.29 is 19.0 Å². The van der Waals surface area contributed by atoms with Crippen molar-refractivity contribution in [3.05, 3.63) is 29.6 Å². The average Bonchev–Trinajstić information content (AvgIpc) is 2.75. The standard InChI is InChI=1S/C20H30FN5O3.HI/c1-2-22-20(23-14-16-3-4-18(27)17(21)13-16)26-7-5-24(6-8-26)15-19(28)25-9-11-29-12-10-25;/h3-4,13,27H,2,5-12,14-15H2,1H3,(H,22,23);1H. The molecule has 0 saturated carbocycles. The summed E-state index contributed by atoms with van der Waals surface area (Å²) >= 11 is 0. The van der Waals surface area contributed by atoms with Crippen molar-refractivity contribution in [2.45, 2.75) is 13.5 Å². The molecule has 2 heterocycles. The minimum absolute atomic E-state index is 0. The molecule has 3 rings (SSSR count). The molecule has 2 aliphatic rings. The first-order chi connectivity index (χ1) is 14.1. The van der Waals surface area contributed by atoms with Crippen LogP contribution in [0.1, 0.15) is 12.5 Å². The lowest BCUT2D eigenvalue weighted by Gasteiger charge is -2.37. The quantitative estimate of drug-likeness (QED) is 0.334. The molecular weight excluding hydrogens is 504 g/mol. The number of rotatable bonds is 5. The van der Waals surface area contributed by atoms with Crippen LogP contribution in [-0.2, 0) is 16.1 Å². The Morgan fingerprint density at radius 1 is 1.17 bits per heavy atom. The van der Waals surface area contributed by atoms with Gasteiger partial charge in [0.1, 0.15) is 0 Å². The lowest BCUT2D eigenvalue weighted by Crippen LogP contribution is -2.54. The molecule has 1 amide bonds. The second-order valence-electron chi connectivity index (χ2n) is 7.21. The lowest BCUT2D eigenvalue weighted by atomic mass is 10.2. The van der Waals surface area contributed by atoms with Crippen LogP contribution in [0.4, 0.5) is 4.39 Å². The second-order valence-corrected chi connectivity index (χ2v) is 7.21. The Bertz CT molecular complexity index is 722. The number of halogens is 2. The van der Waals surface area contributed by atoms with Crippen molar-refractivity contribution in [3.63, 3.8) is 0 Å². The monoisotopic (exact) mass is 535 g/mol. The molecule has 0 unspecified atom stereocenters. The van der Waals surface area contributed by atoms with Crippen molar-refractivity contribution in [1.29, 1.82) is 0 Å². The van der Waals surface area contributed by atoms with Crippen LogP contribution in [-0.4, -0.2) is 97.2 Å². The molecule has 0 radical (unpaired) electrons. The third-order valence-electron chi connectivity index (χ3n) is 5.15. The van der Waals surface area contributed by atoms with Crippen molar-refractivity contribution in [2.24, 2.45) is 4.99 Å². The van der Waals surface area contributed by atoms with Gasteiger partial charge in [-0.25, -0.2) is 9.38 Å². The molecular formula is C20H31FIN5O3. The summed E-state index contributed by atoms with van der Waals surface area (Å²) in [4.78, 5) is 23.2. The van der Waals surface area contributed by atoms with E-state index in [4.69, 9.17) is 4.74 Å². The summed E-state index contributed by atoms with van der Waals surface area (Å²) in [5, 5.41) is 12.6. The maximum Gasteiger partial charge on any atom is 0.236 e. The first-order valence-electron chi connectivity index (χ1n) is 10.2. The number of ether oxygens (including phenoxy) is 1. The number of phenolic OH excluding ortho intramolecular Hbond substituents is 1. The SMILES string of the molecule is CCNC(=NCc1ccc(O)c(F)c1)N1CCN(CC(=O)N2CCOCC2)CC1.I. The molecule has 30 heavy (non-hydrogen) atoms. The van der Waals surface area contributed by atoms with E-state index in [0.29, 0.717) is 45.0 Å². The Morgan fingerprint density at radius 3 is 2.50 bits per heavy atom. The lowest BCUT2D eigenvalue weighted by molar-refractivity contribution is -0.136. The van der Waals surface area contributed by atoms with Gasteiger partial charge in [0, 0.05) is 45.8 Å². The van der Waals surface area contributed by atoms with Gasteiger partial charge in [0.15, 0.2) is 17.5 Å². The molecule has 0 spiro atoms. The highest BCUT2D eigenvalue weighted by atomic mass is 127. The summed E-state index contributed by atoms with van der Waals surface area (Å²) in [5.74, 6) is -0.0505. The number of guanidine groups is 1. The number of nitrogens with zero attached hydrogens (tertiary/aromatic N) is 4. The Morgan fingerprint density at radius 2 is 1.87 bits per heavy atom. The third kappa shape index (κ3) is 6.95. The normalized spacial score (nSPS) is 18.1. The summed E-state index contributed by atoms with van der Waals surface area (Å²) in [5.41, 5.74) is 0.699. The van der Waals surface area contributed by atoms with Crippen molar-refractivity contribution >= 4 is 35.8 Å². The van der Waals surface area contributed by atoms with E-state index in [-0.39, 0.29) is 35.6 Å². The number of piperazine rings is 1. The zero-order valence-electron chi connectivity index (χ0n) is 17.3.